The second-order valence-electron chi connectivity index (χ2n) is 5.85. The van der Waals surface area contributed by atoms with Crippen LogP contribution in [0.15, 0.2) is 59.7 Å². The van der Waals surface area contributed by atoms with Crippen molar-refractivity contribution in [1.82, 2.24) is 9.99 Å². The summed E-state index contributed by atoms with van der Waals surface area (Å²) in [4.78, 5) is 12.0. The zero-order valence-electron chi connectivity index (χ0n) is 14.3. The highest BCUT2D eigenvalue weighted by Gasteiger charge is 2.10. The van der Waals surface area contributed by atoms with E-state index in [4.69, 9.17) is 11.6 Å². The number of benzene rings is 2. The first kappa shape index (κ1) is 17.9. The van der Waals surface area contributed by atoms with Crippen molar-refractivity contribution in [1.29, 1.82) is 0 Å². The van der Waals surface area contributed by atoms with E-state index >= 15 is 0 Å². The molecule has 3 aromatic rings. The molecule has 3 rings (SSSR count). The van der Waals surface area contributed by atoms with Gasteiger partial charge in [-0.1, -0.05) is 23.7 Å². The van der Waals surface area contributed by atoms with E-state index in [1.54, 1.807) is 6.21 Å². The molecule has 0 aliphatic rings. The zero-order chi connectivity index (χ0) is 18.7. The number of amides is 1. The van der Waals surface area contributed by atoms with Crippen LogP contribution in [0.1, 0.15) is 27.3 Å². The van der Waals surface area contributed by atoms with Gasteiger partial charge in [-0.25, -0.2) is 9.82 Å². The minimum absolute atomic E-state index is 0.214. The third-order valence-corrected chi connectivity index (χ3v) is 4.23. The van der Waals surface area contributed by atoms with E-state index in [9.17, 15) is 9.18 Å². The molecule has 0 fully saturated rings. The Morgan fingerprint density at radius 1 is 1.15 bits per heavy atom. The summed E-state index contributed by atoms with van der Waals surface area (Å²) in [6.45, 7) is 3.94. The first-order valence-corrected chi connectivity index (χ1v) is 8.37. The highest BCUT2D eigenvalue weighted by atomic mass is 35.5. The van der Waals surface area contributed by atoms with Crippen LogP contribution in [0.5, 0.6) is 0 Å². The quantitative estimate of drug-likeness (QED) is 0.528. The smallest absolute Gasteiger partial charge is 0.271 e. The SMILES string of the molecule is Cc1cc(/C=N\NC(=O)c2cccc(F)c2)c(C)n1-c1cccc(Cl)c1. The molecule has 0 spiro atoms. The Labute approximate surface area is 155 Å². The van der Waals surface area contributed by atoms with Crippen molar-refractivity contribution in [3.63, 3.8) is 0 Å². The number of rotatable bonds is 4. The molecule has 0 radical (unpaired) electrons. The van der Waals surface area contributed by atoms with Crippen LogP contribution in [0.25, 0.3) is 5.69 Å². The number of hydrogen-bond donors (Lipinski definition) is 1. The third-order valence-electron chi connectivity index (χ3n) is 3.99. The van der Waals surface area contributed by atoms with Crippen molar-refractivity contribution in [2.45, 2.75) is 13.8 Å². The monoisotopic (exact) mass is 369 g/mol. The molecule has 1 heterocycles. The Kier molecular flexibility index (Phi) is 5.19. The lowest BCUT2D eigenvalue weighted by Crippen LogP contribution is -2.17. The average molecular weight is 370 g/mol. The van der Waals surface area contributed by atoms with Gasteiger partial charge in [0, 0.05) is 33.2 Å². The van der Waals surface area contributed by atoms with Crippen LogP contribution in [-0.4, -0.2) is 16.7 Å². The van der Waals surface area contributed by atoms with E-state index in [0.29, 0.717) is 5.02 Å². The summed E-state index contributed by atoms with van der Waals surface area (Å²) in [5.41, 5.74) is 6.43. The summed E-state index contributed by atoms with van der Waals surface area (Å²) in [6, 6.07) is 15.0. The molecular formula is C20H17ClFN3O. The number of carbonyl (C=O) groups excluding carboxylic acids is 1. The molecule has 1 aromatic heterocycles. The fourth-order valence-electron chi connectivity index (χ4n) is 2.79. The summed E-state index contributed by atoms with van der Waals surface area (Å²) in [5, 5.41) is 4.65. The molecule has 0 saturated heterocycles. The predicted molar refractivity (Wildman–Crippen MR) is 102 cm³/mol. The van der Waals surface area contributed by atoms with Gasteiger partial charge in [0.1, 0.15) is 5.82 Å². The molecule has 26 heavy (non-hydrogen) atoms. The summed E-state index contributed by atoms with van der Waals surface area (Å²) in [7, 11) is 0. The molecule has 132 valence electrons. The number of nitrogens with one attached hydrogen (secondary N) is 1. The number of halogens is 2. The molecule has 4 nitrogen and oxygen atoms in total. The van der Waals surface area contributed by atoms with Crippen molar-refractivity contribution in [3.05, 3.63) is 88.0 Å². The normalized spacial score (nSPS) is 11.1. The summed E-state index contributed by atoms with van der Waals surface area (Å²) in [5.74, 6) is -0.934. The fraction of sp³-hybridized carbons (Fsp3) is 0.100. The molecule has 0 aliphatic heterocycles. The predicted octanol–water partition coefficient (Wildman–Crippen LogP) is 4.65. The Morgan fingerprint density at radius 2 is 1.92 bits per heavy atom. The maximum atomic E-state index is 13.2. The number of hydrazone groups is 1. The lowest BCUT2D eigenvalue weighted by Gasteiger charge is -2.09. The molecular weight excluding hydrogens is 353 g/mol. The molecule has 0 atom stereocenters. The van der Waals surface area contributed by atoms with Crippen LogP contribution in [0.2, 0.25) is 5.02 Å². The van der Waals surface area contributed by atoms with Gasteiger partial charge in [0.15, 0.2) is 0 Å². The Morgan fingerprint density at radius 3 is 2.65 bits per heavy atom. The molecule has 2 aromatic carbocycles. The third kappa shape index (κ3) is 3.83. The lowest BCUT2D eigenvalue weighted by atomic mass is 10.2. The largest absolute Gasteiger partial charge is 0.318 e. The Hall–Kier alpha value is -2.92. The van der Waals surface area contributed by atoms with Crippen molar-refractivity contribution in [3.8, 4) is 5.69 Å². The molecule has 0 saturated carbocycles. The fourth-order valence-corrected chi connectivity index (χ4v) is 2.97. The van der Waals surface area contributed by atoms with Crippen LogP contribution < -0.4 is 5.43 Å². The van der Waals surface area contributed by atoms with Gasteiger partial charge >= 0.3 is 0 Å². The van der Waals surface area contributed by atoms with E-state index in [2.05, 4.69) is 15.1 Å². The van der Waals surface area contributed by atoms with Crippen molar-refractivity contribution in [2.75, 3.05) is 0 Å². The highest BCUT2D eigenvalue weighted by molar-refractivity contribution is 6.30. The maximum Gasteiger partial charge on any atom is 0.271 e. The molecule has 1 N–H and O–H groups in total. The summed E-state index contributed by atoms with van der Waals surface area (Å²) < 4.78 is 15.2. The van der Waals surface area contributed by atoms with Crippen molar-refractivity contribution >= 4 is 23.7 Å². The molecule has 6 heteroatoms. The van der Waals surface area contributed by atoms with Crippen LogP contribution >= 0.6 is 11.6 Å². The first-order chi connectivity index (χ1) is 12.5. The number of hydrogen-bond acceptors (Lipinski definition) is 2. The van der Waals surface area contributed by atoms with E-state index in [1.165, 1.54) is 18.2 Å². The second-order valence-corrected chi connectivity index (χ2v) is 6.29. The number of aryl methyl sites for hydroxylation is 1. The number of nitrogens with zero attached hydrogens (tertiary/aromatic N) is 2. The van der Waals surface area contributed by atoms with Crippen LogP contribution in [-0.2, 0) is 0 Å². The zero-order valence-corrected chi connectivity index (χ0v) is 15.1. The van der Waals surface area contributed by atoms with Crippen LogP contribution in [0, 0.1) is 19.7 Å². The van der Waals surface area contributed by atoms with Gasteiger partial charge in [-0.3, -0.25) is 4.79 Å². The molecule has 1 amide bonds. The van der Waals surface area contributed by atoms with Gasteiger partial charge in [0.05, 0.1) is 6.21 Å². The van der Waals surface area contributed by atoms with E-state index in [0.717, 1.165) is 28.7 Å². The van der Waals surface area contributed by atoms with Gasteiger partial charge < -0.3 is 4.57 Å². The van der Waals surface area contributed by atoms with Gasteiger partial charge in [0.25, 0.3) is 5.91 Å². The highest BCUT2D eigenvalue weighted by Crippen LogP contribution is 2.22. The average Bonchev–Trinajstić information content (AvgIpc) is 2.88. The molecule has 0 bridgehead atoms. The number of carbonyl (C=O) groups is 1. The van der Waals surface area contributed by atoms with Gasteiger partial charge in [0.2, 0.25) is 0 Å². The summed E-state index contributed by atoms with van der Waals surface area (Å²) in [6.07, 6.45) is 1.57. The Balaban J connectivity index is 1.79. The standard InChI is InChI=1S/C20H17ClFN3O/c1-13-9-16(14(2)25(13)19-8-4-6-17(21)11-19)12-23-24-20(26)15-5-3-7-18(22)10-15/h3-12H,1-2H3,(H,24,26)/b23-12-. The first-order valence-electron chi connectivity index (χ1n) is 7.99. The van der Waals surface area contributed by atoms with Crippen LogP contribution in [0.3, 0.4) is 0 Å². The van der Waals surface area contributed by atoms with E-state index in [-0.39, 0.29) is 5.56 Å². The van der Waals surface area contributed by atoms with Crippen LogP contribution in [0.4, 0.5) is 4.39 Å². The molecule has 0 unspecified atom stereocenters. The lowest BCUT2D eigenvalue weighted by molar-refractivity contribution is 0.0954. The van der Waals surface area contributed by atoms with Gasteiger partial charge in [-0.15, -0.1) is 0 Å². The minimum atomic E-state index is -0.468. The van der Waals surface area contributed by atoms with E-state index in [1.807, 2.05) is 44.2 Å². The van der Waals surface area contributed by atoms with Gasteiger partial charge in [-0.2, -0.15) is 5.10 Å². The van der Waals surface area contributed by atoms with Crippen molar-refractivity contribution < 1.29 is 9.18 Å². The maximum absolute atomic E-state index is 13.2. The minimum Gasteiger partial charge on any atom is -0.318 e. The second kappa shape index (κ2) is 7.54. The Bertz CT molecular complexity index is 994. The summed E-state index contributed by atoms with van der Waals surface area (Å²) >= 11 is 6.08. The number of aromatic nitrogens is 1. The molecule has 0 aliphatic carbocycles. The van der Waals surface area contributed by atoms with Gasteiger partial charge in [-0.05, 0) is 56.3 Å². The topological polar surface area (TPSA) is 46.4 Å². The van der Waals surface area contributed by atoms with E-state index < -0.39 is 11.7 Å². The van der Waals surface area contributed by atoms with Crippen molar-refractivity contribution in [2.24, 2.45) is 5.10 Å².